The molecule has 7 nitrogen and oxygen atoms in total. The van der Waals surface area contributed by atoms with Crippen LogP contribution in [0.15, 0.2) is 42.7 Å². The molecule has 2 aromatic heterocycles. The highest BCUT2D eigenvalue weighted by molar-refractivity contribution is 7.18. The van der Waals surface area contributed by atoms with E-state index in [0.717, 1.165) is 27.5 Å². The average molecular weight is 420 g/mol. The van der Waals surface area contributed by atoms with E-state index >= 15 is 0 Å². The first-order chi connectivity index (χ1) is 13.2. The number of nitrogens with zero attached hydrogens (tertiary/aromatic N) is 3. The van der Waals surface area contributed by atoms with Crippen LogP contribution in [0.25, 0.3) is 10.2 Å². The number of carbonyl (C=O) groups is 1. The molecule has 1 fully saturated rings. The fourth-order valence-electron chi connectivity index (χ4n) is 3.12. The summed E-state index contributed by atoms with van der Waals surface area (Å²) in [6.45, 7) is 4.48. The van der Waals surface area contributed by atoms with Crippen molar-refractivity contribution in [2.45, 2.75) is 13.0 Å². The number of amides is 2. The number of benzene rings is 1. The number of carbonyl (C=O) groups excluding carboxylic acids is 1. The molecule has 1 unspecified atom stereocenters. The van der Waals surface area contributed by atoms with Gasteiger partial charge in [-0.25, -0.2) is 9.78 Å². The maximum atomic E-state index is 12.8. The Hall–Kier alpha value is -2.42. The Morgan fingerprint density at radius 1 is 1.43 bits per heavy atom. The van der Waals surface area contributed by atoms with Gasteiger partial charge in [0.25, 0.3) is 0 Å². The van der Waals surface area contributed by atoms with Crippen molar-refractivity contribution < 1.29 is 9.53 Å². The number of piperazine rings is 1. The minimum Gasteiger partial charge on any atom is -0.490 e. The molecule has 1 aromatic carbocycles. The van der Waals surface area contributed by atoms with Gasteiger partial charge in [0.1, 0.15) is 12.4 Å². The molecule has 1 aliphatic rings. The number of hydrogen-bond donors (Lipinski definition) is 2. The summed E-state index contributed by atoms with van der Waals surface area (Å²) in [5, 5.41) is 7.33. The molecule has 1 aliphatic heterocycles. The van der Waals surface area contributed by atoms with Crippen LogP contribution in [0.2, 0.25) is 0 Å². The van der Waals surface area contributed by atoms with Crippen LogP contribution in [0.3, 0.4) is 0 Å². The molecule has 0 saturated carbocycles. The Bertz CT molecular complexity index is 936. The third-order valence-corrected chi connectivity index (χ3v) is 5.39. The van der Waals surface area contributed by atoms with Crippen LogP contribution in [-0.2, 0) is 0 Å². The second-order valence-electron chi connectivity index (χ2n) is 6.40. The second kappa shape index (κ2) is 9.18. The Kier molecular flexibility index (Phi) is 6.66. The van der Waals surface area contributed by atoms with E-state index in [1.807, 2.05) is 42.2 Å². The van der Waals surface area contributed by atoms with E-state index in [4.69, 9.17) is 4.74 Å². The highest BCUT2D eigenvalue weighted by Gasteiger charge is 2.27. The zero-order chi connectivity index (χ0) is 18.6. The molecule has 2 amide bonds. The largest absolute Gasteiger partial charge is 0.490 e. The molecule has 4 rings (SSSR count). The van der Waals surface area contributed by atoms with Crippen molar-refractivity contribution in [3.05, 3.63) is 47.7 Å². The molecule has 9 heteroatoms. The summed E-state index contributed by atoms with van der Waals surface area (Å²) in [4.78, 5) is 23.2. The number of halogens is 1. The molecule has 148 valence electrons. The van der Waals surface area contributed by atoms with Gasteiger partial charge < -0.3 is 20.3 Å². The summed E-state index contributed by atoms with van der Waals surface area (Å²) in [5.41, 5.74) is 1.66. The molecule has 3 aromatic rings. The summed E-state index contributed by atoms with van der Waals surface area (Å²) in [7, 11) is 0. The third-order valence-electron chi connectivity index (χ3n) is 4.43. The van der Waals surface area contributed by atoms with Crippen molar-refractivity contribution in [2.75, 3.05) is 31.6 Å². The Labute approximate surface area is 173 Å². The van der Waals surface area contributed by atoms with Gasteiger partial charge in [-0.2, -0.15) is 0 Å². The van der Waals surface area contributed by atoms with Crippen molar-refractivity contribution >= 4 is 45.7 Å². The molecule has 0 radical (unpaired) electrons. The lowest BCUT2D eigenvalue weighted by Crippen LogP contribution is -2.57. The van der Waals surface area contributed by atoms with E-state index < -0.39 is 0 Å². The highest BCUT2D eigenvalue weighted by atomic mass is 35.5. The number of nitrogens with one attached hydrogen (secondary N) is 2. The van der Waals surface area contributed by atoms with Crippen molar-refractivity contribution in [2.24, 2.45) is 0 Å². The van der Waals surface area contributed by atoms with Gasteiger partial charge in [0.05, 0.1) is 27.5 Å². The Morgan fingerprint density at radius 2 is 2.32 bits per heavy atom. The van der Waals surface area contributed by atoms with Crippen LogP contribution in [0, 0.1) is 6.92 Å². The molecular weight excluding hydrogens is 398 g/mol. The smallest absolute Gasteiger partial charge is 0.322 e. The van der Waals surface area contributed by atoms with Gasteiger partial charge in [0.15, 0.2) is 0 Å². The van der Waals surface area contributed by atoms with Crippen molar-refractivity contribution in [3.63, 3.8) is 0 Å². The summed E-state index contributed by atoms with van der Waals surface area (Å²) < 4.78 is 6.92. The summed E-state index contributed by atoms with van der Waals surface area (Å²) in [6, 6.07) is 9.35. The first-order valence-corrected chi connectivity index (χ1v) is 9.69. The summed E-state index contributed by atoms with van der Waals surface area (Å²) in [6.07, 6.45) is 3.38. The topological polar surface area (TPSA) is 79.4 Å². The van der Waals surface area contributed by atoms with Crippen molar-refractivity contribution in [3.8, 4) is 5.75 Å². The summed E-state index contributed by atoms with van der Waals surface area (Å²) >= 11 is 1.65. The van der Waals surface area contributed by atoms with Gasteiger partial charge >= 0.3 is 6.03 Å². The number of urea groups is 1. The number of fused-ring (bicyclic) bond motifs is 1. The van der Waals surface area contributed by atoms with E-state index in [-0.39, 0.29) is 24.5 Å². The van der Waals surface area contributed by atoms with Gasteiger partial charge in [-0.15, -0.1) is 23.7 Å². The predicted molar refractivity (Wildman–Crippen MR) is 114 cm³/mol. The van der Waals surface area contributed by atoms with Crippen LogP contribution >= 0.6 is 23.7 Å². The molecular formula is C19H22ClN5O2S. The van der Waals surface area contributed by atoms with Gasteiger partial charge in [-0.1, -0.05) is 0 Å². The monoisotopic (exact) mass is 419 g/mol. The highest BCUT2D eigenvalue weighted by Crippen LogP contribution is 2.24. The lowest BCUT2D eigenvalue weighted by atomic mass is 10.2. The number of pyridine rings is 1. The van der Waals surface area contributed by atoms with E-state index in [0.29, 0.717) is 25.4 Å². The molecule has 2 N–H and O–H groups in total. The second-order valence-corrected chi connectivity index (χ2v) is 7.63. The van der Waals surface area contributed by atoms with Crippen LogP contribution in [-0.4, -0.2) is 53.2 Å². The van der Waals surface area contributed by atoms with Crippen molar-refractivity contribution in [1.29, 1.82) is 0 Å². The SMILES string of the molecule is Cc1nc2cc(NC(=O)N3CCNCC3COc3cccnc3)ccc2s1.Cl. The normalized spacial score (nSPS) is 16.5. The number of hydrogen-bond acceptors (Lipinski definition) is 6. The molecule has 3 heterocycles. The van der Waals surface area contributed by atoms with Gasteiger partial charge in [-0.05, 0) is 37.3 Å². The van der Waals surface area contributed by atoms with Crippen LogP contribution in [0.5, 0.6) is 5.75 Å². The minimum atomic E-state index is -0.123. The quantitative estimate of drug-likeness (QED) is 0.678. The molecule has 0 aliphatic carbocycles. The zero-order valence-corrected chi connectivity index (χ0v) is 17.1. The number of aryl methyl sites for hydroxylation is 1. The van der Waals surface area contributed by atoms with Gasteiger partial charge in [-0.3, -0.25) is 4.98 Å². The van der Waals surface area contributed by atoms with Gasteiger partial charge in [0.2, 0.25) is 0 Å². The van der Waals surface area contributed by atoms with Crippen LogP contribution in [0.4, 0.5) is 10.5 Å². The number of thiazole rings is 1. The first-order valence-electron chi connectivity index (χ1n) is 8.87. The Balaban J connectivity index is 0.00000225. The van der Waals surface area contributed by atoms with Crippen molar-refractivity contribution in [1.82, 2.24) is 20.2 Å². The maximum Gasteiger partial charge on any atom is 0.322 e. The number of aromatic nitrogens is 2. The number of ether oxygens (including phenoxy) is 1. The molecule has 1 saturated heterocycles. The van der Waals surface area contributed by atoms with E-state index in [9.17, 15) is 4.79 Å². The standard InChI is InChI=1S/C19H21N5O2S.ClH/c1-13-22-17-9-14(4-5-18(17)27-13)23-19(25)24-8-7-21-10-15(24)12-26-16-3-2-6-20-11-16;/h2-6,9,11,15,21H,7-8,10,12H2,1H3,(H,23,25);1H. The Morgan fingerprint density at radius 3 is 3.14 bits per heavy atom. The van der Waals surface area contributed by atoms with E-state index in [1.54, 1.807) is 23.7 Å². The number of rotatable bonds is 4. The van der Waals surface area contributed by atoms with Crippen LogP contribution < -0.4 is 15.4 Å². The first kappa shape index (κ1) is 20.3. The molecule has 0 spiro atoms. The summed E-state index contributed by atoms with van der Waals surface area (Å²) in [5.74, 6) is 0.702. The van der Waals surface area contributed by atoms with E-state index in [1.165, 1.54) is 0 Å². The fraction of sp³-hybridized carbons (Fsp3) is 0.316. The third kappa shape index (κ3) is 4.70. The predicted octanol–water partition coefficient (Wildman–Crippen LogP) is 3.31. The molecule has 0 bridgehead atoms. The van der Waals surface area contributed by atoms with Crippen LogP contribution in [0.1, 0.15) is 5.01 Å². The molecule has 1 atom stereocenters. The molecule has 28 heavy (non-hydrogen) atoms. The van der Waals surface area contributed by atoms with Gasteiger partial charge in [0, 0.05) is 31.5 Å². The maximum absolute atomic E-state index is 12.8. The number of anilines is 1. The van der Waals surface area contributed by atoms with E-state index in [2.05, 4.69) is 20.6 Å². The lowest BCUT2D eigenvalue weighted by Gasteiger charge is -2.35. The zero-order valence-electron chi connectivity index (χ0n) is 15.4. The lowest BCUT2D eigenvalue weighted by molar-refractivity contribution is 0.133. The fourth-order valence-corrected chi connectivity index (χ4v) is 3.93. The average Bonchev–Trinajstić information content (AvgIpc) is 3.06. The minimum absolute atomic E-state index is 0.